The van der Waals surface area contributed by atoms with E-state index in [2.05, 4.69) is 10.3 Å². The van der Waals surface area contributed by atoms with Gasteiger partial charge in [0.15, 0.2) is 0 Å². The Labute approximate surface area is 139 Å². The lowest BCUT2D eigenvalue weighted by Crippen LogP contribution is -2.12. The third-order valence-corrected chi connectivity index (χ3v) is 2.59. The van der Waals surface area contributed by atoms with Gasteiger partial charge in [-0.05, 0) is 42.8 Å². The van der Waals surface area contributed by atoms with E-state index in [1.807, 2.05) is 24.3 Å². The topological polar surface area (TPSA) is 68.0 Å². The summed E-state index contributed by atoms with van der Waals surface area (Å²) in [6, 6.07) is 11.0. The van der Waals surface area contributed by atoms with E-state index in [1.165, 1.54) is 0 Å². The Balaban J connectivity index is 0.00000180. The lowest BCUT2D eigenvalue weighted by Gasteiger charge is -2.05. The van der Waals surface area contributed by atoms with Crippen LogP contribution in [0.15, 0.2) is 48.8 Å². The molecule has 0 saturated carbocycles. The number of carbonyl (C=O) groups is 1. The highest BCUT2D eigenvalue weighted by Gasteiger charge is 2.05. The van der Waals surface area contributed by atoms with Crippen LogP contribution in [-0.2, 0) is 6.42 Å². The largest absolute Gasteiger partial charge is 0.330 e. The lowest BCUT2D eigenvalue weighted by molar-refractivity contribution is 0.102. The predicted octanol–water partition coefficient (Wildman–Crippen LogP) is 2.99. The number of aromatic nitrogens is 1. The minimum atomic E-state index is -0.125. The molecule has 1 aromatic carbocycles. The number of anilines is 1. The van der Waals surface area contributed by atoms with E-state index in [0.717, 1.165) is 17.7 Å². The molecule has 0 bridgehead atoms. The predicted molar refractivity (Wildman–Crippen MR) is 92.0 cm³/mol. The van der Waals surface area contributed by atoms with Gasteiger partial charge in [-0.25, -0.2) is 0 Å². The van der Waals surface area contributed by atoms with Crippen molar-refractivity contribution in [3.63, 3.8) is 0 Å². The number of nitrogens with zero attached hydrogens (tertiary/aromatic N) is 1. The summed E-state index contributed by atoms with van der Waals surface area (Å²) in [7, 11) is 0. The highest BCUT2D eigenvalue weighted by atomic mass is 79.9. The molecule has 0 aliphatic heterocycles. The first-order valence-electron chi connectivity index (χ1n) is 5.80. The standard InChI is InChI=1S/C14H15N3O.2BrH/c15-8-5-11-1-3-12(4-2-11)14(18)17-13-6-9-16-10-7-13;;/h1-4,6-7,9-10H,5,8,15H2,(H,16,17,18);2*1H. The third-order valence-electron chi connectivity index (χ3n) is 2.59. The van der Waals surface area contributed by atoms with Crippen LogP contribution in [0.3, 0.4) is 0 Å². The minimum Gasteiger partial charge on any atom is -0.330 e. The number of halogens is 2. The molecule has 20 heavy (non-hydrogen) atoms. The van der Waals surface area contributed by atoms with Gasteiger partial charge in [-0.3, -0.25) is 9.78 Å². The summed E-state index contributed by atoms with van der Waals surface area (Å²) in [5.74, 6) is -0.125. The van der Waals surface area contributed by atoms with Gasteiger partial charge in [-0.1, -0.05) is 12.1 Å². The normalized spacial score (nSPS) is 9.05. The van der Waals surface area contributed by atoms with E-state index in [-0.39, 0.29) is 39.9 Å². The van der Waals surface area contributed by atoms with Crippen LogP contribution in [0.5, 0.6) is 0 Å². The summed E-state index contributed by atoms with van der Waals surface area (Å²) in [5, 5.41) is 2.81. The van der Waals surface area contributed by atoms with E-state index in [1.54, 1.807) is 24.5 Å². The lowest BCUT2D eigenvalue weighted by atomic mass is 10.1. The summed E-state index contributed by atoms with van der Waals surface area (Å²) in [5.41, 5.74) is 7.98. The molecule has 1 amide bonds. The Morgan fingerprint density at radius 3 is 2.20 bits per heavy atom. The van der Waals surface area contributed by atoms with E-state index < -0.39 is 0 Å². The molecule has 1 aromatic heterocycles. The first-order valence-corrected chi connectivity index (χ1v) is 5.80. The molecule has 2 rings (SSSR count). The molecule has 0 aliphatic rings. The smallest absolute Gasteiger partial charge is 0.255 e. The average Bonchev–Trinajstić information content (AvgIpc) is 2.41. The quantitative estimate of drug-likeness (QED) is 0.825. The number of benzene rings is 1. The molecule has 0 aliphatic carbocycles. The van der Waals surface area contributed by atoms with Crippen LogP contribution < -0.4 is 11.1 Å². The average molecular weight is 403 g/mol. The van der Waals surface area contributed by atoms with Gasteiger partial charge in [-0.2, -0.15) is 0 Å². The van der Waals surface area contributed by atoms with Crippen molar-refractivity contribution in [1.82, 2.24) is 4.98 Å². The second-order valence-electron chi connectivity index (χ2n) is 3.93. The number of hydrogen-bond acceptors (Lipinski definition) is 3. The Morgan fingerprint density at radius 1 is 1.05 bits per heavy atom. The summed E-state index contributed by atoms with van der Waals surface area (Å²) in [4.78, 5) is 15.8. The second kappa shape index (κ2) is 9.63. The fraction of sp³-hybridized carbons (Fsp3) is 0.143. The molecule has 0 radical (unpaired) electrons. The summed E-state index contributed by atoms with van der Waals surface area (Å²) >= 11 is 0. The SMILES string of the molecule is Br.Br.NCCc1ccc(C(=O)Nc2ccncc2)cc1. The first kappa shape index (κ1) is 18.8. The number of nitrogens with two attached hydrogens (primary N) is 1. The van der Waals surface area contributed by atoms with Crippen LogP contribution in [-0.4, -0.2) is 17.4 Å². The van der Waals surface area contributed by atoms with Crippen LogP contribution in [0.25, 0.3) is 0 Å². The zero-order valence-electron chi connectivity index (χ0n) is 10.8. The number of hydrogen-bond donors (Lipinski definition) is 2. The molecule has 4 nitrogen and oxygen atoms in total. The molecule has 3 N–H and O–H groups in total. The van der Waals surface area contributed by atoms with Crippen molar-refractivity contribution in [1.29, 1.82) is 0 Å². The monoisotopic (exact) mass is 401 g/mol. The highest BCUT2D eigenvalue weighted by Crippen LogP contribution is 2.09. The maximum Gasteiger partial charge on any atom is 0.255 e. The fourth-order valence-electron chi connectivity index (χ4n) is 1.63. The number of nitrogens with one attached hydrogen (secondary N) is 1. The summed E-state index contributed by atoms with van der Waals surface area (Å²) in [6.07, 6.45) is 4.10. The zero-order valence-corrected chi connectivity index (χ0v) is 14.2. The fourth-order valence-corrected chi connectivity index (χ4v) is 1.63. The van der Waals surface area contributed by atoms with Gasteiger partial charge in [0.25, 0.3) is 5.91 Å². The van der Waals surface area contributed by atoms with Crippen LogP contribution in [0.4, 0.5) is 5.69 Å². The molecule has 0 unspecified atom stereocenters. The molecule has 6 heteroatoms. The number of pyridine rings is 1. The van der Waals surface area contributed by atoms with Gasteiger partial charge in [-0.15, -0.1) is 34.0 Å². The van der Waals surface area contributed by atoms with Gasteiger partial charge >= 0.3 is 0 Å². The van der Waals surface area contributed by atoms with Crippen molar-refractivity contribution in [3.05, 3.63) is 59.9 Å². The molecule has 0 fully saturated rings. The molecule has 1 heterocycles. The number of rotatable bonds is 4. The van der Waals surface area contributed by atoms with Crippen LogP contribution in [0, 0.1) is 0 Å². The number of amides is 1. The van der Waals surface area contributed by atoms with E-state index in [9.17, 15) is 4.79 Å². The van der Waals surface area contributed by atoms with Gasteiger partial charge < -0.3 is 11.1 Å². The highest BCUT2D eigenvalue weighted by molar-refractivity contribution is 8.93. The van der Waals surface area contributed by atoms with Gasteiger partial charge in [0.2, 0.25) is 0 Å². The Morgan fingerprint density at radius 2 is 1.65 bits per heavy atom. The van der Waals surface area contributed by atoms with Crippen molar-refractivity contribution >= 4 is 45.6 Å². The van der Waals surface area contributed by atoms with Crippen LogP contribution in [0.2, 0.25) is 0 Å². The van der Waals surface area contributed by atoms with Crippen LogP contribution in [0.1, 0.15) is 15.9 Å². The van der Waals surface area contributed by atoms with Gasteiger partial charge in [0, 0.05) is 23.6 Å². The Bertz CT molecular complexity index is 518. The van der Waals surface area contributed by atoms with Gasteiger partial charge in [0.05, 0.1) is 0 Å². The molecule has 0 saturated heterocycles. The molecular weight excluding hydrogens is 386 g/mol. The van der Waals surface area contributed by atoms with Crippen molar-refractivity contribution in [2.24, 2.45) is 5.73 Å². The Hall–Kier alpha value is -1.24. The Kier molecular flexibility index (Phi) is 9.03. The molecule has 0 atom stereocenters. The van der Waals surface area contributed by atoms with E-state index in [4.69, 9.17) is 5.73 Å². The minimum absolute atomic E-state index is 0. The van der Waals surface area contributed by atoms with Crippen molar-refractivity contribution < 1.29 is 4.79 Å². The molecule has 2 aromatic rings. The van der Waals surface area contributed by atoms with E-state index in [0.29, 0.717) is 12.1 Å². The molecular formula is C14H17Br2N3O. The second-order valence-corrected chi connectivity index (χ2v) is 3.93. The number of carbonyl (C=O) groups excluding carboxylic acids is 1. The maximum atomic E-state index is 11.9. The van der Waals surface area contributed by atoms with Crippen molar-refractivity contribution in [2.45, 2.75) is 6.42 Å². The molecule has 0 spiro atoms. The first-order chi connectivity index (χ1) is 8.79. The summed E-state index contributed by atoms with van der Waals surface area (Å²) < 4.78 is 0. The van der Waals surface area contributed by atoms with E-state index >= 15 is 0 Å². The molecule has 108 valence electrons. The third kappa shape index (κ3) is 5.40. The zero-order chi connectivity index (χ0) is 12.8. The van der Waals surface area contributed by atoms with Gasteiger partial charge in [0.1, 0.15) is 0 Å². The maximum absolute atomic E-state index is 11.9. The van der Waals surface area contributed by atoms with Crippen molar-refractivity contribution in [2.75, 3.05) is 11.9 Å². The summed E-state index contributed by atoms with van der Waals surface area (Å²) in [6.45, 7) is 0.614. The van der Waals surface area contributed by atoms with Crippen LogP contribution >= 0.6 is 34.0 Å². The van der Waals surface area contributed by atoms with Crippen molar-refractivity contribution in [3.8, 4) is 0 Å².